The number of rotatable bonds is 8. The standard InChI is InChI=1S/C19H32N4O3/c1-20-19(21-10-13-23-11-6-5-7-12-23)22-14-15-8-9-16(24-2)18(26-4)17(15)25-3/h8-9H,5-7,10-14H2,1-4H3,(H2,20,21,22). The van der Waals surface area contributed by atoms with E-state index in [0.717, 1.165) is 24.6 Å². The van der Waals surface area contributed by atoms with Crippen molar-refractivity contribution in [2.75, 3.05) is 54.6 Å². The predicted octanol–water partition coefficient (Wildman–Crippen LogP) is 1.86. The molecule has 0 radical (unpaired) electrons. The average Bonchev–Trinajstić information content (AvgIpc) is 2.70. The minimum atomic E-state index is 0.576. The van der Waals surface area contributed by atoms with Gasteiger partial charge in [0.15, 0.2) is 17.5 Å². The molecule has 1 aliphatic rings. The van der Waals surface area contributed by atoms with Crippen LogP contribution in [0.15, 0.2) is 17.1 Å². The van der Waals surface area contributed by atoms with Crippen molar-refractivity contribution in [3.63, 3.8) is 0 Å². The Morgan fingerprint density at radius 2 is 1.73 bits per heavy atom. The molecule has 0 saturated carbocycles. The van der Waals surface area contributed by atoms with E-state index in [4.69, 9.17) is 14.2 Å². The third-order valence-electron chi connectivity index (χ3n) is 4.62. The lowest BCUT2D eigenvalue weighted by Crippen LogP contribution is -2.42. The van der Waals surface area contributed by atoms with E-state index < -0.39 is 0 Å². The third-order valence-corrected chi connectivity index (χ3v) is 4.62. The highest BCUT2D eigenvalue weighted by Gasteiger charge is 2.16. The van der Waals surface area contributed by atoms with Gasteiger partial charge in [-0.05, 0) is 38.1 Å². The Morgan fingerprint density at radius 3 is 2.35 bits per heavy atom. The largest absolute Gasteiger partial charge is 0.493 e. The van der Waals surface area contributed by atoms with Gasteiger partial charge in [0, 0.05) is 32.2 Å². The number of aliphatic imine (C=N–C) groups is 1. The van der Waals surface area contributed by atoms with E-state index in [2.05, 4.69) is 20.5 Å². The first kappa shape index (κ1) is 20.2. The molecule has 0 amide bonds. The fraction of sp³-hybridized carbons (Fsp3) is 0.632. The summed E-state index contributed by atoms with van der Waals surface area (Å²) >= 11 is 0. The Hall–Kier alpha value is -2.15. The molecule has 7 heteroatoms. The zero-order valence-corrected chi connectivity index (χ0v) is 16.4. The maximum atomic E-state index is 5.52. The van der Waals surface area contributed by atoms with Crippen LogP contribution in [0.2, 0.25) is 0 Å². The molecule has 1 fully saturated rings. The van der Waals surface area contributed by atoms with Crippen molar-refractivity contribution >= 4 is 5.96 Å². The van der Waals surface area contributed by atoms with Crippen LogP contribution in [-0.2, 0) is 6.54 Å². The number of piperidine rings is 1. The molecule has 1 heterocycles. The van der Waals surface area contributed by atoms with E-state index in [9.17, 15) is 0 Å². The lowest BCUT2D eigenvalue weighted by Gasteiger charge is -2.26. The van der Waals surface area contributed by atoms with Crippen molar-refractivity contribution in [3.05, 3.63) is 17.7 Å². The number of nitrogens with one attached hydrogen (secondary N) is 2. The summed E-state index contributed by atoms with van der Waals surface area (Å²) in [5.74, 6) is 2.70. The predicted molar refractivity (Wildman–Crippen MR) is 105 cm³/mol. The molecule has 0 spiro atoms. The van der Waals surface area contributed by atoms with Crippen LogP contribution >= 0.6 is 0 Å². The van der Waals surface area contributed by atoms with Gasteiger partial charge in [0.05, 0.1) is 21.3 Å². The first-order chi connectivity index (χ1) is 12.7. The Labute approximate surface area is 156 Å². The summed E-state index contributed by atoms with van der Waals surface area (Å²) in [6.07, 6.45) is 3.98. The number of hydrogen-bond donors (Lipinski definition) is 2. The topological polar surface area (TPSA) is 67.4 Å². The Morgan fingerprint density at radius 1 is 1.00 bits per heavy atom. The molecule has 0 unspecified atom stereocenters. The van der Waals surface area contributed by atoms with Crippen LogP contribution < -0.4 is 24.8 Å². The van der Waals surface area contributed by atoms with Crippen LogP contribution in [0.4, 0.5) is 0 Å². The molecule has 0 aliphatic carbocycles. The number of likely N-dealkylation sites (tertiary alicyclic amines) is 1. The fourth-order valence-electron chi connectivity index (χ4n) is 3.22. The monoisotopic (exact) mass is 364 g/mol. The quantitative estimate of drug-likeness (QED) is 0.542. The van der Waals surface area contributed by atoms with Gasteiger partial charge in [-0.25, -0.2) is 0 Å². The maximum Gasteiger partial charge on any atom is 0.203 e. The zero-order chi connectivity index (χ0) is 18.8. The maximum absolute atomic E-state index is 5.52. The lowest BCUT2D eigenvalue weighted by molar-refractivity contribution is 0.232. The number of ether oxygens (including phenoxy) is 3. The Bertz CT molecular complexity index is 586. The van der Waals surface area contributed by atoms with Crippen LogP contribution in [0.25, 0.3) is 0 Å². The molecule has 0 aromatic heterocycles. The minimum Gasteiger partial charge on any atom is -0.493 e. The summed E-state index contributed by atoms with van der Waals surface area (Å²) in [6.45, 7) is 4.91. The van der Waals surface area contributed by atoms with Crippen molar-refractivity contribution in [1.29, 1.82) is 0 Å². The van der Waals surface area contributed by atoms with Crippen LogP contribution in [-0.4, -0.2) is 65.4 Å². The van der Waals surface area contributed by atoms with Gasteiger partial charge < -0.3 is 29.7 Å². The van der Waals surface area contributed by atoms with Gasteiger partial charge in [-0.1, -0.05) is 6.42 Å². The van der Waals surface area contributed by atoms with E-state index in [0.29, 0.717) is 23.8 Å². The number of methoxy groups -OCH3 is 3. The second kappa shape index (κ2) is 10.8. The number of benzene rings is 1. The first-order valence-electron chi connectivity index (χ1n) is 9.18. The fourth-order valence-corrected chi connectivity index (χ4v) is 3.22. The van der Waals surface area contributed by atoms with Gasteiger partial charge in [-0.2, -0.15) is 0 Å². The number of hydrogen-bond acceptors (Lipinski definition) is 5. The highest BCUT2D eigenvalue weighted by Crippen LogP contribution is 2.39. The van der Waals surface area contributed by atoms with Crippen molar-refractivity contribution < 1.29 is 14.2 Å². The summed E-state index contributed by atoms with van der Waals surface area (Å²) < 4.78 is 16.3. The smallest absolute Gasteiger partial charge is 0.203 e. The Balaban J connectivity index is 1.89. The van der Waals surface area contributed by atoms with E-state index in [1.54, 1.807) is 28.4 Å². The molecule has 1 aliphatic heterocycles. The van der Waals surface area contributed by atoms with E-state index in [1.807, 2.05) is 12.1 Å². The number of guanidine groups is 1. The second-order valence-electron chi connectivity index (χ2n) is 6.25. The Kier molecular flexibility index (Phi) is 8.34. The molecular formula is C19H32N4O3. The van der Waals surface area contributed by atoms with Gasteiger partial charge >= 0.3 is 0 Å². The second-order valence-corrected chi connectivity index (χ2v) is 6.25. The van der Waals surface area contributed by atoms with Crippen LogP contribution in [0.3, 0.4) is 0 Å². The highest BCUT2D eigenvalue weighted by atomic mass is 16.5. The SMILES string of the molecule is CN=C(NCCN1CCCCC1)NCc1ccc(OC)c(OC)c1OC. The summed E-state index contributed by atoms with van der Waals surface area (Å²) in [4.78, 5) is 6.80. The van der Waals surface area contributed by atoms with E-state index in [1.165, 1.54) is 32.4 Å². The molecule has 2 rings (SSSR count). The summed E-state index contributed by atoms with van der Waals surface area (Å²) in [6, 6.07) is 3.85. The lowest BCUT2D eigenvalue weighted by atomic mass is 10.1. The van der Waals surface area contributed by atoms with Gasteiger partial charge in [-0.15, -0.1) is 0 Å². The van der Waals surface area contributed by atoms with Crippen LogP contribution in [0.5, 0.6) is 17.2 Å². The molecule has 0 bridgehead atoms. The zero-order valence-electron chi connectivity index (χ0n) is 16.4. The first-order valence-corrected chi connectivity index (χ1v) is 9.18. The minimum absolute atomic E-state index is 0.576. The molecule has 1 aromatic carbocycles. The summed E-state index contributed by atoms with van der Waals surface area (Å²) in [7, 11) is 6.64. The van der Waals surface area contributed by atoms with E-state index >= 15 is 0 Å². The van der Waals surface area contributed by atoms with Crippen molar-refractivity contribution in [3.8, 4) is 17.2 Å². The van der Waals surface area contributed by atoms with Crippen molar-refractivity contribution in [2.24, 2.45) is 4.99 Å². The van der Waals surface area contributed by atoms with Crippen molar-refractivity contribution in [2.45, 2.75) is 25.8 Å². The highest BCUT2D eigenvalue weighted by molar-refractivity contribution is 5.79. The van der Waals surface area contributed by atoms with E-state index in [-0.39, 0.29) is 0 Å². The summed E-state index contributed by atoms with van der Waals surface area (Å²) in [5, 5.41) is 6.71. The normalized spacial score (nSPS) is 15.5. The third kappa shape index (κ3) is 5.42. The molecular weight excluding hydrogens is 332 g/mol. The summed E-state index contributed by atoms with van der Waals surface area (Å²) in [5.41, 5.74) is 0.976. The number of nitrogens with zero attached hydrogens (tertiary/aromatic N) is 2. The van der Waals surface area contributed by atoms with Gasteiger partial charge in [0.2, 0.25) is 5.75 Å². The van der Waals surface area contributed by atoms with Crippen LogP contribution in [0, 0.1) is 0 Å². The molecule has 7 nitrogen and oxygen atoms in total. The molecule has 2 N–H and O–H groups in total. The van der Waals surface area contributed by atoms with Crippen LogP contribution in [0.1, 0.15) is 24.8 Å². The van der Waals surface area contributed by atoms with Crippen molar-refractivity contribution in [1.82, 2.24) is 15.5 Å². The van der Waals surface area contributed by atoms with Gasteiger partial charge in [-0.3, -0.25) is 4.99 Å². The molecule has 1 aromatic rings. The van der Waals surface area contributed by atoms with Gasteiger partial charge in [0.1, 0.15) is 0 Å². The average molecular weight is 364 g/mol. The molecule has 26 heavy (non-hydrogen) atoms. The molecule has 1 saturated heterocycles. The molecule has 146 valence electrons. The van der Waals surface area contributed by atoms with Gasteiger partial charge in [0.25, 0.3) is 0 Å². The molecule has 0 atom stereocenters.